The summed E-state index contributed by atoms with van der Waals surface area (Å²) in [4.78, 5) is 11.6. The molecule has 0 radical (unpaired) electrons. The zero-order chi connectivity index (χ0) is 16.8. The molecule has 0 saturated heterocycles. The molecule has 1 aromatic rings. The minimum Gasteiger partial charge on any atom is -0.492 e. The second kappa shape index (κ2) is 7.76. The van der Waals surface area contributed by atoms with E-state index < -0.39 is 0 Å². The van der Waals surface area contributed by atoms with Crippen molar-refractivity contribution in [3.8, 4) is 23.0 Å². The van der Waals surface area contributed by atoms with E-state index in [1.54, 1.807) is 34.1 Å². The monoisotopic (exact) mass is 322 g/mol. The zero-order valence-corrected chi connectivity index (χ0v) is 13.9. The van der Waals surface area contributed by atoms with Crippen LogP contribution in [-0.2, 0) is 16.0 Å². The number of esters is 1. The van der Waals surface area contributed by atoms with Gasteiger partial charge in [0.2, 0.25) is 18.3 Å². The number of allylic oxidation sites excluding steroid dienone is 1. The van der Waals surface area contributed by atoms with E-state index >= 15 is 0 Å². The molecule has 1 aromatic carbocycles. The lowest BCUT2D eigenvalue weighted by Crippen LogP contribution is -2.08. The molecular weight excluding hydrogens is 300 g/mol. The van der Waals surface area contributed by atoms with E-state index in [1.165, 1.54) is 0 Å². The zero-order valence-electron chi connectivity index (χ0n) is 13.9. The van der Waals surface area contributed by atoms with Crippen LogP contribution in [0.3, 0.4) is 0 Å². The molecule has 1 aliphatic rings. The molecule has 6 nitrogen and oxygen atoms in total. The van der Waals surface area contributed by atoms with Gasteiger partial charge in [0.1, 0.15) is 0 Å². The van der Waals surface area contributed by atoms with E-state index in [0.29, 0.717) is 48.0 Å². The van der Waals surface area contributed by atoms with Gasteiger partial charge in [0.25, 0.3) is 0 Å². The number of aryl methyl sites for hydroxylation is 1. The number of carbonyl (C=O) groups excluding carboxylic acids is 1. The van der Waals surface area contributed by atoms with Crippen LogP contribution in [0.25, 0.3) is 0 Å². The van der Waals surface area contributed by atoms with Crippen molar-refractivity contribution in [3.63, 3.8) is 0 Å². The average molecular weight is 322 g/mol. The number of ether oxygens (including phenoxy) is 5. The van der Waals surface area contributed by atoms with Crippen LogP contribution in [0.2, 0.25) is 0 Å². The molecular formula is C17H22O6. The first kappa shape index (κ1) is 17.0. The second-order valence-electron chi connectivity index (χ2n) is 5.05. The molecule has 0 aliphatic carbocycles. The van der Waals surface area contributed by atoms with Gasteiger partial charge in [0.05, 0.1) is 20.8 Å². The van der Waals surface area contributed by atoms with Gasteiger partial charge in [-0.15, -0.1) is 0 Å². The summed E-state index contributed by atoms with van der Waals surface area (Å²) in [5.74, 6) is 2.05. The Morgan fingerprint density at radius 3 is 2.65 bits per heavy atom. The normalized spacial score (nSPS) is 13.0. The Morgan fingerprint density at radius 1 is 1.26 bits per heavy atom. The molecule has 2 rings (SSSR count). The summed E-state index contributed by atoms with van der Waals surface area (Å²) in [5.41, 5.74) is 1.53. The van der Waals surface area contributed by atoms with Crippen molar-refractivity contribution in [1.29, 1.82) is 0 Å². The molecule has 1 aliphatic heterocycles. The Hall–Kier alpha value is -2.37. The highest BCUT2D eigenvalue weighted by Crippen LogP contribution is 2.49. The summed E-state index contributed by atoms with van der Waals surface area (Å²) in [6, 6.07) is 1.88. The number of hydrogen-bond donors (Lipinski definition) is 0. The molecule has 6 heteroatoms. The van der Waals surface area contributed by atoms with E-state index in [-0.39, 0.29) is 12.8 Å². The van der Waals surface area contributed by atoms with Crippen molar-refractivity contribution < 1.29 is 28.5 Å². The van der Waals surface area contributed by atoms with Gasteiger partial charge in [-0.1, -0.05) is 6.08 Å². The van der Waals surface area contributed by atoms with Crippen LogP contribution in [-0.4, -0.2) is 33.6 Å². The fourth-order valence-electron chi connectivity index (χ4n) is 2.30. The summed E-state index contributed by atoms with van der Waals surface area (Å²) in [7, 11) is 3.14. The van der Waals surface area contributed by atoms with Crippen LogP contribution >= 0.6 is 0 Å². The highest BCUT2D eigenvalue weighted by Gasteiger charge is 2.25. The lowest BCUT2D eigenvalue weighted by molar-refractivity contribution is -0.139. The Kier molecular flexibility index (Phi) is 5.73. The number of rotatable bonds is 7. The molecule has 1 heterocycles. The van der Waals surface area contributed by atoms with Crippen molar-refractivity contribution in [1.82, 2.24) is 0 Å². The van der Waals surface area contributed by atoms with Crippen LogP contribution < -0.4 is 18.9 Å². The van der Waals surface area contributed by atoms with Crippen molar-refractivity contribution in [3.05, 3.63) is 23.3 Å². The summed E-state index contributed by atoms with van der Waals surface area (Å²) >= 11 is 0. The molecule has 0 atom stereocenters. The van der Waals surface area contributed by atoms with E-state index in [9.17, 15) is 4.79 Å². The number of carbonyl (C=O) groups is 1. The fraction of sp³-hybridized carbons (Fsp3) is 0.471. The maximum absolute atomic E-state index is 11.6. The van der Waals surface area contributed by atoms with Gasteiger partial charge in [0.15, 0.2) is 11.5 Å². The summed E-state index contributed by atoms with van der Waals surface area (Å²) in [5, 5.41) is 0. The first-order valence-electron chi connectivity index (χ1n) is 7.45. The van der Waals surface area contributed by atoms with Crippen molar-refractivity contribution in [2.75, 3.05) is 27.6 Å². The Bertz CT molecular complexity index is 606. The highest BCUT2D eigenvalue weighted by molar-refractivity contribution is 5.87. The molecule has 0 fully saturated rings. The van der Waals surface area contributed by atoms with Gasteiger partial charge in [-0.25, -0.2) is 4.79 Å². The number of methoxy groups -OCH3 is 2. The third-order valence-corrected chi connectivity index (χ3v) is 3.64. The molecule has 0 saturated carbocycles. The number of benzene rings is 1. The third kappa shape index (κ3) is 3.70. The smallest absolute Gasteiger partial charge is 0.333 e. The molecule has 0 aromatic heterocycles. The average Bonchev–Trinajstić information content (AvgIpc) is 3.04. The quantitative estimate of drug-likeness (QED) is 0.437. The molecule has 0 spiro atoms. The molecule has 0 N–H and O–H groups in total. The van der Waals surface area contributed by atoms with Gasteiger partial charge in [0, 0.05) is 11.1 Å². The molecule has 23 heavy (non-hydrogen) atoms. The van der Waals surface area contributed by atoms with Gasteiger partial charge in [-0.3, -0.25) is 0 Å². The Balaban J connectivity index is 2.04. The van der Waals surface area contributed by atoms with E-state index in [1.807, 2.05) is 6.07 Å². The minimum atomic E-state index is -0.289. The third-order valence-electron chi connectivity index (χ3n) is 3.64. The summed E-state index contributed by atoms with van der Waals surface area (Å²) in [6.45, 7) is 4.04. The molecule has 0 bridgehead atoms. The lowest BCUT2D eigenvalue weighted by Gasteiger charge is -2.15. The van der Waals surface area contributed by atoms with Crippen molar-refractivity contribution in [2.24, 2.45) is 0 Å². The van der Waals surface area contributed by atoms with E-state index in [4.69, 9.17) is 23.7 Å². The second-order valence-corrected chi connectivity index (χ2v) is 5.05. The fourth-order valence-corrected chi connectivity index (χ4v) is 2.30. The Labute approximate surface area is 135 Å². The van der Waals surface area contributed by atoms with Crippen LogP contribution in [0, 0.1) is 0 Å². The minimum absolute atomic E-state index is 0.165. The summed E-state index contributed by atoms with van der Waals surface area (Å²) < 4.78 is 26.9. The first-order chi connectivity index (χ1) is 11.1. The van der Waals surface area contributed by atoms with Crippen LogP contribution in [0.5, 0.6) is 23.0 Å². The van der Waals surface area contributed by atoms with Crippen molar-refractivity contribution in [2.45, 2.75) is 26.7 Å². The number of hydrogen-bond acceptors (Lipinski definition) is 6. The molecule has 126 valence electrons. The maximum Gasteiger partial charge on any atom is 0.333 e. The van der Waals surface area contributed by atoms with Crippen LogP contribution in [0.15, 0.2) is 17.7 Å². The molecule has 0 unspecified atom stereocenters. The lowest BCUT2D eigenvalue weighted by atomic mass is 10.1. The summed E-state index contributed by atoms with van der Waals surface area (Å²) in [6.07, 6.45) is 3.06. The maximum atomic E-state index is 11.6. The standard InChI is InChI=1S/C17H22O6/c1-5-11(2)17(18)21-8-6-7-12-9-13-15(23-10-22-13)16(20-4)14(12)19-3/h5,9H,6-8,10H2,1-4H3. The van der Waals surface area contributed by atoms with Gasteiger partial charge < -0.3 is 23.7 Å². The first-order valence-corrected chi connectivity index (χ1v) is 7.45. The predicted molar refractivity (Wildman–Crippen MR) is 84.4 cm³/mol. The van der Waals surface area contributed by atoms with Gasteiger partial charge in [-0.05, 0) is 32.8 Å². The van der Waals surface area contributed by atoms with Crippen LogP contribution in [0.1, 0.15) is 25.8 Å². The Morgan fingerprint density at radius 2 is 2.00 bits per heavy atom. The van der Waals surface area contributed by atoms with Gasteiger partial charge in [-0.2, -0.15) is 0 Å². The van der Waals surface area contributed by atoms with E-state index in [0.717, 1.165) is 5.56 Å². The van der Waals surface area contributed by atoms with Gasteiger partial charge >= 0.3 is 5.97 Å². The van der Waals surface area contributed by atoms with Crippen molar-refractivity contribution >= 4 is 5.97 Å². The van der Waals surface area contributed by atoms with E-state index in [2.05, 4.69) is 0 Å². The number of fused-ring (bicyclic) bond motifs is 1. The predicted octanol–water partition coefficient (Wildman–Crippen LogP) is 2.87. The van der Waals surface area contributed by atoms with Crippen LogP contribution in [0.4, 0.5) is 0 Å². The largest absolute Gasteiger partial charge is 0.492 e. The SMILES string of the molecule is CC=C(C)C(=O)OCCCc1cc2c(c(OC)c1OC)OCO2. The highest BCUT2D eigenvalue weighted by atomic mass is 16.7. The molecule has 0 amide bonds. The topological polar surface area (TPSA) is 63.2 Å².